The molecule has 90 valence electrons. The topological polar surface area (TPSA) is 48.9 Å². The lowest BCUT2D eigenvalue weighted by Crippen LogP contribution is -2.04. The SMILES string of the molecule is Cc1cc(-c2cc(C(F)(F)F)[nH]n2)ccc1O. The molecule has 0 spiro atoms. The van der Waals surface area contributed by atoms with Crippen LogP contribution in [0.4, 0.5) is 13.2 Å². The van der Waals surface area contributed by atoms with E-state index in [4.69, 9.17) is 0 Å². The van der Waals surface area contributed by atoms with Gasteiger partial charge in [-0.1, -0.05) is 0 Å². The van der Waals surface area contributed by atoms with Crippen molar-refractivity contribution in [3.8, 4) is 17.0 Å². The van der Waals surface area contributed by atoms with Gasteiger partial charge in [0.05, 0.1) is 5.69 Å². The van der Waals surface area contributed by atoms with Crippen molar-refractivity contribution in [3.63, 3.8) is 0 Å². The maximum atomic E-state index is 12.3. The highest BCUT2D eigenvalue weighted by Crippen LogP contribution is 2.31. The summed E-state index contributed by atoms with van der Waals surface area (Å²) in [7, 11) is 0. The summed E-state index contributed by atoms with van der Waals surface area (Å²) in [5.74, 6) is 0.0975. The third kappa shape index (κ3) is 2.25. The van der Waals surface area contributed by atoms with Gasteiger partial charge in [-0.25, -0.2) is 0 Å². The molecule has 0 saturated carbocycles. The van der Waals surface area contributed by atoms with Crippen LogP contribution in [-0.2, 0) is 6.18 Å². The van der Waals surface area contributed by atoms with Crippen molar-refractivity contribution >= 4 is 0 Å². The van der Waals surface area contributed by atoms with E-state index in [1.165, 1.54) is 12.1 Å². The first kappa shape index (κ1) is 11.5. The summed E-state index contributed by atoms with van der Waals surface area (Å²) in [5.41, 5.74) is 0.407. The van der Waals surface area contributed by atoms with Crippen molar-refractivity contribution in [3.05, 3.63) is 35.5 Å². The maximum Gasteiger partial charge on any atom is 0.432 e. The number of alkyl halides is 3. The second kappa shape index (κ2) is 3.80. The number of halogens is 3. The van der Waals surface area contributed by atoms with Crippen molar-refractivity contribution in [2.75, 3.05) is 0 Å². The normalized spacial score (nSPS) is 11.8. The number of aromatic nitrogens is 2. The number of aromatic amines is 1. The van der Waals surface area contributed by atoms with Crippen LogP contribution in [-0.4, -0.2) is 15.3 Å². The third-order valence-corrected chi connectivity index (χ3v) is 2.38. The first-order chi connectivity index (χ1) is 7.88. The second-order valence-electron chi connectivity index (χ2n) is 3.67. The zero-order valence-electron chi connectivity index (χ0n) is 8.84. The van der Waals surface area contributed by atoms with Crippen LogP contribution in [0.3, 0.4) is 0 Å². The molecule has 1 aromatic carbocycles. The molecule has 0 aliphatic carbocycles. The molecule has 1 aromatic heterocycles. The summed E-state index contributed by atoms with van der Waals surface area (Å²) >= 11 is 0. The molecular weight excluding hydrogens is 233 g/mol. The molecule has 6 heteroatoms. The summed E-state index contributed by atoms with van der Waals surface area (Å²) in [6.07, 6.45) is -4.43. The first-order valence-electron chi connectivity index (χ1n) is 4.80. The molecule has 0 atom stereocenters. The van der Waals surface area contributed by atoms with Gasteiger partial charge in [0.25, 0.3) is 0 Å². The van der Waals surface area contributed by atoms with Crippen LogP contribution < -0.4 is 0 Å². The summed E-state index contributed by atoms with van der Waals surface area (Å²) in [5, 5.41) is 14.9. The molecule has 2 N–H and O–H groups in total. The number of nitrogens with one attached hydrogen (secondary N) is 1. The number of aryl methyl sites for hydroxylation is 1. The lowest BCUT2D eigenvalue weighted by atomic mass is 10.1. The molecule has 0 aliphatic rings. The Morgan fingerprint density at radius 2 is 1.94 bits per heavy atom. The average Bonchev–Trinajstić information content (AvgIpc) is 2.70. The summed E-state index contributed by atoms with van der Waals surface area (Å²) in [6, 6.07) is 5.45. The van der Waals surface area contributed by atoms with Gasteiger partial charge in [-0.05, 0) is 36.8 Å². The minimum atomic E-state index is -4.43. The third-order valence-electron chi connectivity index (χ3n) is 2.38. The zero-order chi connectivity index (χ0) is 12.6. The van der Waals surface area contributed by atoms with Crippen molar-refractivity contribution in [1.29, 1.82) is 0 Å². The molecule has 0 radical (unpaired) electrons. The lowest BCUT2D eigenvalue weighted by Gasteiger charge is -2.01. The van der Waals surface area contributed by atoms with Crippen molar-refractivity contribution < 1.29 is 18.3 Å². The first-order valence-corrected chi connectivity index (χ1v) is 4.80. The van der Waals surface area contributed by atoms with E-state index in [1.54, 1.807) is 13.0 Å². The summed E-state index contributed by atoms with van der Waals surface area (Å²) in [6.45, 7) is 1.66. The Bertz CT molecular complexity index is 546. The molecule has 0 bridgehead atoms. The van der Waals surface area contributed by atoms with E-state index in [1.807, 2.05) is 5.10 Å². The highest BCUT2D eigenvalue weighted by Gasteiger charge is 2.33. The number of aromatic hydroxyl groups is 1. The maximum absolute atomic E-state index is 12.3. The number of hydrogen-bond acceptors (Lipinski definition) is 2. The smallest absolute Gasteiger partial charge is 0.432 e. The van der Waals surface area contributed by atoms with Gasteiger partial charge in [0, 0.05) is 5.56 Å². The van der Waals surface area contributed by atoms with Crippen LogP contribution in [0.2, 0.25) is 0 Å². The van der Waals surface area contributed by atoms with Crippen molar-refractivity contribution in [1.82, 2.24) is 10.2 Å². The van der Waals surface area contributed by atoms with E-state index in [0.29, 0.717) is 11.1 Å². The minimum Gasteiger partial charge on any atom is -0.508 e. The number of hydrogen-bond donors (Lipinski definition) is 2. The molecule has 1 heterocycles. The number of rotatable bonds is 1. The molecule has 0 saturated heterocycles. The van der Waals surface area contributed by atoms with Gasteiger partial charge >= 0.3 is 6.18 Å². The largest absolute Gasteiger partial charge is 0.508 e. The predicted octanol–water partition coefficient (Wildman–Crippen LogP) is 3.11. The van der Waals surface area contributed by atoms with Crippen LogP contribution in [0.1, 0.15) is 11.3 Å². The molecule has 0 unspecified atom stereocenters. The van der Waals surface area contributed by atoms with E-state index in [-0.39, 0.29) is 11.4 Å². The average molecular weight is 242 g/mol. The number of benzene rings is 1. The Morgan fingerprint density at radius 3 is 2.47 bits per heavy atom. The van der Waals surface area contributed by atoms with Crippen LogP contribution in [0.25, 0.3) is 11.3 Å². The van der Waals surface area contributed by atoms with E-state index in [2.05, 4.69) is 5.10 Å². The van der Waals surface area contributed by atoms with Crippen molar-refractivity contribution in [2.24, 2.45) is 0 Å². The number of phenolic OH excluding ortho intramolecular Hbond substituents is 1. The highest BCUT2D eigenvalue weighted by atomic mass is 19.4. The van der Waals surface area contributed by atoms with Gasteiger partial charge in [0.15, 0.2) is 0 Å². The molecule has 0 fully saturated rings. The van der Waals surface area contributed by atoms with E-state index < -0.39 is 11.9 Å². The Kier molecular flexibility index (Phi) is 2.57. The Hall–Kier alpha value is -1.98. The highest BCUT2D eigenvalue weighted by molar-refractivity contribution is 5.62. The van der Waals surface area contributed by atoms with E-state index in [0.717, 1.165) is 6.07 Å². The number of H-pyrrole nitrogens is 1. The van der Waals surface area contributed by atoms with Gasteiger partial charge < -0.3 is 5.11 Å². The molecular formula is C11H9F3N2O. The molecule has 17 heavy (non-hydrogen) atoms. The molecule has 0 amide bonds. The van der Waals surface area contributed by atoms with Gasteiger partial charge in [-0.3, -0.25) is 5.10 Å². The monoisotopic (exact) mass is 242 g/mol. The zero-order valence-corrected chi connectivity index (χ0v) is 8.84. The summed E-state index contributed by atoms with van der Waals surface area (Å²) in [4.78, 5) is 0. The molecule has 2 aromatic rings. The summed E-state index contributed by atoms with van der Waals surface area (Å²) < 4.78 is 37.0. The molecule has 0 aliphatic heterocycles. The Labute approximate surface area is 94.9 Å². The van der Waals surface area contributed by atoms with Crippen LogP contribution >= 0.6 is 0 Å². The Balaban J connectivity index is 2.40. The van der Waals surface area contributed by atoms with Gasteiger partial charge in [0.1, 0.15) is 11.4 Å². The van der Waals surface area contributed by atoms with Crippen LogP contribution in [0.5, 0.6) is 5.75 Å². The standard InChI is InChI=1S/C11H9F3N2O/c1-6-4-7(2-3-9(6)17)8-5-10(16-15-8)11(12,13)14/h2-5,17H,1H3,(H,15,16). The molecule has 3 nitrogen and oxygen atoms in total. The fraction of sp³-hybridized carbons (Fsp3) is 0.182. The predicted molar refractivity (Wildman–Crippen MR) is 55.4 cm³/mol. The van der Waals surface area contributed by atoms with Crippen LogP contribution in [0, 0.1) is 6.92 Å². The minimum absolute atomic E-state index is 0.0975. The van der Waals surface area contributed by atoms with Crippen molar-refractivity contribution in [2.45, 2.75) is 13.1 Å². The van der Waals surface area contributed by atoms with Gasteiger partial charge in [0.2, 0.25) is 0 Å². The van der Waals surface area contributed by atoms with E-state index in [9.17, 15) is 18.3 Å². The van der Waals surface area contributed by atoms with E-state index >= 15 is 0 Å². The van der Waals surface area contributed by atoms with Crippen LogP contribution in [0.15, 0.2) is 24.3 Å². The fourth-order valence-corrected chi connectivity index (χ4v) is 1.43. The number of phenols is 1. The fourth-order valence-electron chi connectivity index (χ4n) is 1.43. The van der Waals surface area contributed by atoms with Gasteiger partial charge in [-0.15, -0.1) is 0 Å². The second-order valence-corrected chi connectivity index (χ2v) is 3.67. The lowest BCUT2D eigenvalue weighted by molar-refractivity contribution is -0.141. The number of nitrogens with zero attached hydrogens (tertiary/aromatic N) is 1. The molecule has 2 rings (SSSR count). The van der Waals surface area contributed by atoms with Gasteiger partial charge in [-0.2, -0.15) is 18.3 Å². The Morgan fingerprint density at radius 1 is 1.24 bits per heavy atom. The quantitative estimate of drug-likeness (QED) is 0.807.